The average Bonchev–Trinajstić information content (AvgIpc) is 2.80. The minimum Gasteiger partial charge on any atom is -0.494 e. The Labute approximate surface area is 109 Å². The number of esters is 1. The highest BCUT2D eigenvalue weighted by Gasteiger charge is 2.36. The molecule has 19 heavy (non-hydrogen) atoms. The summed E-state index contributed by atoms with van der Waals surface area (Å²) in [5.74, 6) is -1.58. The minimum atomic E-state index is -0.547. The maximum Gasteiger partial charge on any atom is 0.311 e. The number of hydrogen-bond donors (Lipinski definition) is 0. The van der Waals surface area contributed by atoms with Crippen molar-refractivity contribution in [3.63, 3.8) is 0 Å². The topological polar surface area (TPSA) is 55.8 Å². The summed E-state index contributed by atoms with van der Waals surface area (Å²) < 4.78 is 23.0. The molecule has 0 spiro atoms. The summed E-state index contributed by atoms with van der Waals surface area (Å²) in [4.78, 5) is 24.6. The van der Waals surface area contributed by atoms with Crippen LogP contribution in [0.3, 0.4) is 0 Å². The van der Waals surface area contributed by atoms with E-state index >= 15 is 0 Å². The lowest BCUT2D eigenvalue weighted by molar-refractivity contribution is -0.145. The number of methoxy groups -OCH3 is 2. The molecule has 1 aliphatic rings. The van der Waals surface area contributed by atoms with Crippen molar-refractivity contribution in [2.24, 2.45) is 5.92 Å². The summed E-state index contributed by atoms with van der Waals surface area (Å²) in [5.41, 5.74) is 0.412. The zero-order valence-corrected chi connectivity index (χ0v) is 10.7. The maximum atomic E-state index is 13.6. The van der Waals surface area contributed by atoms with Crippen LogP contribution in [0.4, 0.5) is 10.1 Å². The molecule has 6 heteroatoms. The van der Waals surface area contributed by atoms with Gasteiger partial charge in [-0.1, -0.05) is 0 Å². The molecule has 1 fully saturated rings. The van der Waals surface area contributed by atoms with Gasteiger partial charge in [-0.2, -0.15) is 0 Å². The molecule has 102 valence electrons. The lowest BCUT2D eigenvalue weighted by Crippen LogP contribution is -2.26. The molecule has 1 aliphatic heterocycles. The number of hydrogen-bond acceptors (Lipinski definition) is 4. The summed E-state index contributed by atoms with van der Waals surface area (Å²) in [5, 5.41) is 0. The molecule has 1 heterocycles. The van der Waals surface area contributed by atoms with Gasteiger partial charge in [-0.3, -0.25) is 9.59 Å². The van der Waals surface area contributed by atoms with Crippen LogP contribution in [0.25, 0.3) is 0 Å². The largest absolute Gasteiger partial charge is 0.494 e. The number of carbonyl (C=O) groups is 2. The fourth-order valence-corrected chi connectivity index (χ4v) is 2.10. The molecule has 1 unspecified atom stereocenters. The number of carbonyl (C=O) groups excluding carboxylic acids is 2. The molecule has 1 amide bonds. The lowest BCUT2D eigenvalue weighted by Gasteiger charge is -2.17. The fraction of sp³-hybridized carbons (Fsp3) is 0.385. The van der Waals surface area contributed by atoms with Crippen molar-refractivity contribution < 1.29 is 23.5 Å². The predicted octanol–water partition coefficient (Wildman–Crippen LogP) is 1.36. The molecule has 1 aromatic carbocycles. The van der Waals surface area contributed by atoms with Crippen molar-refractivity contribution in [1.29, 1.82) is 0 Å². The van der Waals surface area contributed by atoms with E-state index in [0.29, 0.717) is 5.69 Å². The number of rotatable bonds is 3. The van der Waals surface area contributed by atoms with Crippen LogP contribution >= 0.6 is 0 Å². The molecular formula is C13H14FNO4. The normalized spacial score (nSPS) is 18.6. The molecule has 0 aliphatic carbocycles. The first-order valence-corrected chi connectivity index (χ1v) is 5.78. The molecule has 0 bridgehead atoms. The van der Waals surface area contributed by atoms with E-state index in [1.165, 1.54) is 31.3 Å². The molecular weight excluding hydrogens is 253 g/mol. The van der Waals surface area contributed by atoms with Crippen LogP contribution in [0.1, 0.15) is 6.42 Å². The quantitative estimate of drug-likeness (QED) is 0.776. The van der Waals surface area contributed by atoms with Crippen molar-refractivity contribution in [3.05, 3.63) is 24.0 Å². The third-order valence-electron chi connectivity index (χ3n) is 3.11. The van der Waals surface area contributed by atoms with E-state index in [9.17, 15) is 14.0 Å². The van der Waals surface area contributed by atoms with E-state index < -0.39 is 17.7 Å². The van der Waals surface area contributed by atoms with Gasteiger partial charge >= 0.3 is 5.97 Å². The van der Waals surface area contributed by atoms with Gasteiger partial charge in [-0.25, -0.2) is 4.39 Å². The second-order valence-corrected chi connectivity index (χ2v) is 4.25. The van der Waals surface area contributed by atoms with Crippen molar-refractivity contribution in [3.8, 4) is 5.75 Å². The monoisotopic (exact) mass is 267 g/mol. The lowest BCUT2D eigenvalue weighted by atomic mass is 10.1. The van der Waals surface area contributed by atoms with Crippen molar-refractivity contribution in [2.75, 3.05) is 25.7 Å². The Bertz CT molecular complexity index is 517. The third kappa shape index (κ3) is 2.52. The Kier molecular flexibility index (Phi) is 3.69. The Balaban J connectivity index is 2.21. The molecule has 0 saturated carbocycles. The van der Waals surface area contributed by atoms with Gasteiger partial charge in [-0.15, -0.1) is 0 Å². The summed E-state index contributed by atoms with van der Waals surface area (Å²) >= 11 is 0. The first-order valence-electron chi connectivity index (χ1n) is 5.78. The first kappa shape index (κ1) is 13.3. The van der Waals surface area contributed by atoms with Gasteiger partial charge in [0.1, 0.15) is 0 Å². The smallest absolute Gasteiger partial charge is 0.311 e. The third-order valence-corrected chi connectivity index (χ3v) is 3.11. The summed E-state index contributed by atoms with van der Waals surface area (Å²) in [7, 11) is 2.65. The summed E-state index contributed by atoms with van der Waals surface area (Å²) in [6.07, 6.45) is 0.0837. The van der Waals surface area contributed by atoms with E-state index in [-0.39, 0.29) is 24.6 Å². The molecule has 1 saturated heterocycles. The first-order chi connectivity index (χ1) is 9.06. The molecule has 1 atom stereocenters. The molecule has 0 radical (unpaired) electrons. The SMILES string of the molecule is COC(=O)C1CC(=O)N(c2ccc(OC)c(F)c2)C1. The van der Waals surface area contributed by atoms with Crippen LogP contribution in [0, 0.1) is 11.7 Å². The summed E-state index contributed by atoms with van der Waals surface area (Å²) in [6, 6.07) is 4.25. The highest BCUT2D eigenvalue weighted by Crippen LogP contribution is 2.29. The number of nitrogens with zero attached hydrogens (tertiary/aromatic N) is 1. The zero-order chi connectivity index (χ0) is 14.0. The Morgan fingerprint density at radius 1 is 1.42 bits per heavy atom. The standard InChI is InChI=1S/C13H14FNO4/c1-18-11-4-3-9(6-10(11)14)15-7-8(5-12(15)16)13(17)19-2/h3-4,6,8H,5,7H2,1-2H3. The van der Waals surface area contributed by atoms with Gasteiger partial charge in [0.05, 0.1) is 20.1 Å². The highest BCUT2D eigenvalue weighted by molar-refractivity contribution is 5.99. The predicted molar refractivity (Wildman–Crippen MR) is 65.4 cm³/mol. The van der Waals surface area contributed by atoms with Crippen LogP contribution < -0.4 is 9.64 Å². The van der Waals surface area contributed by atoms with Gasteiger partial charge in [-0.05, 0) is 12.1 Å². The molecule has 5 nitrogen and oxygen atoms in total. The molecule has 2 rings (SSSR count). The zero-order valence-electron chi connectivity index (χ0n) is 10.7. The van der Waals surface area contributed by atoms with Crippen LogP contribution in [-0.2, 0) is 14.3 Å². The van der Waals surface area contributed by atoms with Crippen molar-refractivity contribution >= 4 is 17.6 Å². The van der Waals surface area contributed by atoms with Gasteiger partial charge in [0, 0.05) is 24.7 Å². The maximum absolute atomic E-state index is 13.6. The number of anilines is 1. The van der Waals surface area contributed by atoms with Crippen LogP contribution in [0.2, 0.25) is 0 Å². The van der Waals surface area contributed by atoms with E-state index in [1.54, 1.807) is 6.07 Å². The molecule has 0 aromatic heterocycles. The Morgan fingerprint density at radius 3 is 2.74 bits per heavy atom. The van der Waals surface area contributed by atoms with Gasteiger partial charge in [0.2, 0.25) is 5.91 Å². The summed E-state index contributed by atoms with van der Waals surface area (Å²) in [6.45, 7) is 0.206. The van der Waals surface area contributed by atoms with E-state index in [4.69, 9.17) is 4.74 Å². The second-order valence-electron chi connectivity index (χ2n) is 4.25. The Morgan fingerprint density at radius 2 is 2.16 bits per heavy atom. The van der Waals surface area contributed by atoms with Crippen LogP contribution in [0.15, 0.2) is 18.2 Å². The van der Waals surface area contributed by atoms with Gasteiger partial charge in [0.25, 0.3) is 0 Å². The molecule has 0 N–H and O–H groups in total. The van der Waals surface area contributed by atoms with E-state index in [0.717, 1.165) is 0 Å². The van der Waals surface area contributed by atoms with E-state index in [2.05, 4.69) is 4.74 Å². The van der Waals surface area contributed by atoms with Crippen molar-refractivity contribution in [1.82, 2.24) is 0 Å². The average molecular weight is 267 g/mol. The second kappa shape index (κ2) is 5.26. The van der Waals surface area contributed by atoms with E-state index in [1.807, 2.05) is 0 Å². The minimum absolute atomic E-state index is 0.0837. The fourth-order valence-electron chi connectivity index (χ4n) is 2.10. The molecule has 1 aromatic rings. The Hall–Kier alpha value is -2.11. The number of amides is 1. The van der Waals surface area contributed by atoms with Crippen LogP contribution in [0.5, 0.6) is 5.75 Å². The van der Waals surface area contributed by atoms with Crippen LogP contribution in [-0.4, -0.2) is 32.6 Å². The highest BCUT2D eigenvalue weighted by atomic mass is 19.1. The number of benzene rings is 1. The van der Waals surface area contributed by atoms with Gasteiger partial charge in [0.15, 0.2) is 11.6 Å². The number of ether oxygens (including phenoxy) is 2. The number of halogens is 1. The van der Waals surface area contributed by atoms with Gasteiger partial charge < -0.3 is 14.4 Å². The van der Waals surface area contributed by atoms with Crippen molar-refractivity contribution in [2.45, 2.75) is 6.42 Å².